The van der Waals surface area contributed by atoms with Crippen molar-refractivity contribution in [2.24, 2.45) is 11.8 Å². The molecule has 0 amide bonds. The van der Waals surface area contributed by atoms with Crippen LogP contribution in [0.1, 0.15) is 12.8 Å². The zero-order valence-electron chi connectivity index (χ0n) is 20.5. The van der Waals surface area contributed by atoms with Crippen LogP contribution >= 0.6 is 15.8 Å². The van der Waals surface area contributed by atoms with Gasteiger partial charge in [0.2, 0.25) is 0 Å². The molecule has 0 saturated heterocycles. The van der Waals surface area contributed by atoms with Crippen molar-refractivity contribution >= 4 is 37.1 Å². The number of rotatable bonds is 9. The van der Waals surface area contributed by atoms with Crippen LogP contribution in [0.15, 0.2) is 121 Å². The molecule has 4 heteroatoms. The van der Waals surface area contributed by atoms with E-state index in [9.17, 15) is 10.2 Å². The highest BCUT2D eigenvalue weighted by atomic mass is 31.1. The molecule has 0 bridgehead atoms. The molecule has 0 aromatic heterocycles. The van der Waals surface area contributed by atoms with E-state index in [-0.39, 0.29) is 18.6 Å². The lowest BCUT2D eigenvalue weighted by molar-refractivity contribution is 0.100. The van der Waals surface area contributed by atoms with Crippen LogP contribution in [0.2, 0.25) is 0 Å². The first-order chi connectivity index (χ1) is 17.8. The van der Waals surface area contributed by atoms with Gasteiger partial charge in [0.15, 0.2) is 0 Å². The van der Waals surface area contributed by atoms with Gasteiger partial charge in [0, 0.05) is 6.61 Å². The Morgan fingerprint density at radius 3 is 1.42 bits per heavy atom. The smallest absolute Gasteiger partial charge is 0.0578 e. The summed E-state index contributed by atoms with van der Waals surface area (Å²) in [7, 11) is -1.24. The molecule has 5 rings (SSSR count). The van der Waals surface area contributed by atoms with Gasteiger partial charge in [0.25, 0.3) is 0 Å². The minimum Gasteiger partial charge on any atom is -0.396 e. The Kier molecular flexibility index (Phi) is 8.63. The number of aliphatic hydroxyl groups excluding tert-OH is 2. The van der Waals surface area contributed by atoms with E-state index in [1.54, 1.807) is 0 Å². The fourth-order valence-corrected chi connectivity index (χ4v) is 11.9. The van der Waals surface area contributed by atoms with Crippen molar-refractivity contribution in [1.82, 2.24) is 0 Å². The van der Waals surface area contributed by atoms with Crippen LogP contribution in [-0.2, 0) is 0 Å². The van der Waals surface area contributed by atoms with Gasteiger partial charge in [-0.05, 0) is 73.6 Å². The van der Waals surface area contributed by atoms with E-state index in [1.165, 1.54) is 21.2 Å². The second kappa shape index (κ2) is 12.3. The summed E-state index contributed by atoms with van der Waals surface area (Å²) in [6, 6.07) is 43.6. The summed E-state index contributed by atoms with van der Waals surface area (Å²) in [5.74, 6) is 0.431. The Labute approximate surface area is 217 Å². The fourth-order valence-electron chi connectivity index (χ4n) is 5.77. The standard InChI is InChI=1S/C32H34O2P2/c33-22-21-29-30(24-35(25-13-5-1-6-14-25)26-15-7-2-8-16-26)32(23-31(29)34)36(27-17-9-3-10-18-27)28-19-11-4-12-20-28/h1-20,29-34H,21-24H2/t29?,30?,31?,32-/m0/s1. The number of hydrogen-bond donors (Lipinski definition) is 2. The third-order valence-corrected chi connectivity index (χ3v) is 13.0. The average Bonchev–Trinajstić information content (AvgIpc) is 3.24. The Bertz CT molecular complexity index is 1110. The molecular formula is C32H34O2P2. The van der Waals surface area contributed by atoms with Gasteiger partial charge in [-0.1, -0.05) is 121 Å². The topological polar surface area (TPSA) is 40.5 Å². The molecule has 36 heavy (non-hydrogen) atoms. The summed E-state index contributed by atoms with van der Waals surface area (Å²) >= 11 is 0. The minimum atomic E-state index is -0.655. The molecule has 1 aliphatic carbocycles. The molecular weight excluding hydrogens is 478 g/mol. The summed E-state index contributed by atoms with van der Waals surface area (Å²) in [5.41, 5.74) is 0.355. The Morgan fingerprint density at radius 1 is 0.583 bits per heavy atom. The van der Waals surface area contributed by atoms with E-state index in [4.69, 9.17) is 0 Å². The first-order valence-electron chi connectivity index (χ1n) is 12.8. The van der Waals surface area contributed by atoms with E-state index in [0.717, 1.165) is 12.6 Å². The Morgan fingerprint density at radius 2 is 1.00 bits per heavy atom. The fraction of sp³-hybridized carbons (Fsp3) is 0.250. The normalized spacial score (nSPS) is 21.8. The van der Waals surface area contributed by atoms with Gasteiger partial charge in [0.1, 0.15) is 0 Å². The highest BCUT2D eigenvalue weighted by Gasteiger charge is 2.46. The van der Waals surface area contributed by atoms with Crippen LogP contribution in [0.3, 0.4) is 0 Å². The van der Waals surface area contributed by atoms with Gasteiger partial charge in [-0.2, -0.15) is 0 Å². The summed E-state index contributed by atoms with van der Waals surface area (Å²) in [5, 5.41) is 26.9. The Balaban J connectivity index is 1.58. The Hall–Kier alpha value is -2.34. The molecule has 3 unspecified atom stereocenters. The van der Waals surface area contributed by atoms with E-state index < -0.39 is 15.8 Å². The number of hydrogen-bond acceptors (Lipinski definition) is 2. The maximum Gasteiger partial charge on any atom is 0.0578 e. The lowest BCUT2D eigenvalue weighted by atomic mass is 9.93. The number of benzene rings is 4. The first kappa shape index (κ1) is 25.3. The summed E-state index contributed by atoms with van der Waals surface area (Å²) in [6.45, 7) is 0.119. The van der Waals surface area contributed by atoms with Crippen LogP contribution in [-0.4, -0.2) is 34.7 Å². The summed E-state index contributed by atoms with van der Waals surface area (Å²) in [4.78, 5) is 0. The number of aliphatic hydroxyl groups is 2. The van der Waals surface area contributed by atoms with Gasteiger partial charge in [-0.25, -0.2) is 0 Å². The summed E-state index contributed by atoms with van der Waals surface area (Å²) in [6.07, 6.45) is 2.08. The molecule has 0 heterocycles. The zero-order valence-corrected chi connectivity index (χ0v) is 22.3. The maximum atomic E-state index is 11.4. The minimum absolute atomic E-state index is 0.106. The molecule has 184 valence electrons. The lowest BCUT2D eigenvalue weighted by Crippen LogP contribution is -2.32. The van der Waals surface area contributed by atoms with Crippen molar-refractivity contribution in [3.8, 4) is 0 Å². The third-order valence-electron chi connectivity index (χ3n) is 7.41. The molecule has 4 atom stereocenters. The van der Waals surface area contributed by atoms with Gasteiger partial charge < -0.3 is 10.2 Å². The molecule has 1 fully saturated rings. The van der Waals surface area contributed by atoms with Crippen molar-refractivity contribution in [2.75, 3.05) is 12.8 Å². The highest BCUT2D eigenvalue weighted by Crippen LogP contribution is 2.55. The van der Waals surface area contributed by atoms with Crippen LogP contribution in [0.25, 0.3) is 0 Å². The van der Waals surface area contributed by atoms with Gasteiger partial charge in [-0.15, -0.1) is 0 Å². The molecule has 1 aliphatic rings. The van der Waals surface area contributed by atoms with E-state index in [0.29, 0.717) is 18.0 Å². The molecule has 2 N–H and O–H groups in total. The molecule has 4 aromatic carbocycles. The molecule has 0 spiro atoms. The van der Waals surface area contributed by atoms with Crippen molar-refractivity contribution in [2.45, 2.75) is 24.6 Å². The SMILES string of the molecule is OCCC1C(O)C[C@H](P(c2ccccc2)c2ccccc2)C1CP(c1ccccc1)c1ccccc1. The van der Waals surface area contributed by atoms with E-state index in [2.05, 4.69) is 121 Å². The van der Waals surface area contributed by atoms with Crippen molar-refractivity contribution in [3.63, 3.8) is 0 Å². The molecule has 1 saturated carbocycles. The third kappa shape index (κ3) is 5.64. The van der Waals surface area contributed by atoms with Crippen LogP contribution < -0.4 is 21.2 Å². The molecule has 2 nitrogen and oxygen atoms in total. The molecule has 0 aliphatic heterocycles. The lowest BCUT2D eigenvalue weighted by Gasteiger charge is -2.35. The van der Waals surface area contributed by atoms with Crippen molar-refractivity contribution in [1.29, 1.82) is 0 Å². The van der Waals surface area contributed by atoms with Crippen LogP contribution in [0, 0.1) is 11.8 Å². The maximum absolute atomic E-state index is 11.4. The van der Waals surface area contributed by atoms with E-state index >= 15 is 0 Å². The van der Waals surface area contributed by atoms with Crippen molar-refractivity contribution in [3.05, 3.63) is 121 Å². The largest absolute Gasteiger partial charge is 0.396 e. The summed E-state index contributed by atoms with van der Waals surface area (Å²) < 4.78 is 0. The highest BCUT2D eigenvalue weighted by molar-refractivity contribution is 7.74. The monoisotopic (exact) mass is 512 g/mol. The van der Waals surface area contributed by atoms with Crippen molar-refractivity contribution < 1.29 is 10.2 Å². The van der Waals surface area contributed by atoms with Gasteiger partial charge in [-0.3, -0.25) is 0 Å². The average molecular weight is 513 g/mol. The zero-order chi connectivity index (χ0) is 24.7. The van der Waals surface area contributed by atoms with E-state index in [1.807, 2.05) is 0 Å². The second-order valence-corrected chi connectivity index (χ2v) is 14.2. The predicted molar refractivity (Wildman–Crippen MR) is 156 cm³/mol. The van der Waals surface area contributed by atoms with Gasteiger partial charge in [0.05, 0.1) is 6.10 Å². The quantitative estimate of drug-likeness (QED) is 0.310. The predicted octanol–water partition coefficient (Wildman–Crippen LogP) is 5.00. The molecule has 0 radical (unpaired) electrons. The van der Waals surface area contributed by atoms with Crippen LogP contribution in [0.4, 0.5) is 0 Å². The molecule has 4 aromatic rings. The second-order valence-electron chi connectivity index (χ2n) is 9.53. The van der Waals surface area contributed by atoms with Gasteiger partial charge >= 0.3 is 0 Å². The van der Waals surface area contributed by atoms with Crippen LogP contribution in [0.5, 0.6) is 0 Å². The first-order valence-corrected chi connectivity index (χ1v) is 15.8.